The molecule has 2 aliphatic heterocycles. The van der Waals surface area contributed by atoms with Crippen molar-refractivity contribution in [3.8, 4) is 0 Å². The van der Waals surface area contributed by atoms with E-state index in [1.807, 2.05) is 13.8 Å². The minimum Gasteiger partial charge on any atom is -0.467 e. The Morgan fingerprint density at radius 3 is 2.58 bits per heavy atom. The lowest BCUT2D eigenvalue weighted by atomic mass is 10.1. The van der Waals surface area contributed by atoms with E-state index in [0.29, 0.717) is 19.4 Å². The van der Waals surface area contributed by atoms with E-state index < -0.39 is 30.0 Å². The molecule has 0 unspecified atom stereocenters. The lowest BCUT2D eigenvalue weighted by Gasteiger charge is -2.30. The zero-order valence-electron chi connectivity index (χ0n) is 17.9. The fourth-order valence-corrected chi connectivity index (χ4v) is 4.05. The Kier molecular flexibility index (Phi) is 7.03. The number of nitrogens with zero attached hydrogens (tertiary/aromatic N) is 4. The normalized spacial score (nSPS) is 23.0. The summed E-state index contributed by atoms with van der Waals surface area (Å²) in [6, 6.07) is -2.34. The van der Waals surface area contributed by atoms with Crippen LogP contribution < -0.4 is 10.6 Å². The summed E-state index contributed by atoms with van der Waals surface area (Å²) in [4.78, 5) is 61.6. The van der Waals surface area contributed by atoms with Crippen LogP contribution in [0.5, 0.6) is 0 Å². The highest BCUT2D eigenvalue weighted by atomic mass is 16.5. The molecule has 168 valence electrons. The summed E-state index contributed by atoms with van der Waals surface area (Å²) in [7, 11) is 1.29. The zero-order chi connectivity index (χ0) is 22.5. The number of rotatable bonds is 5. The number of aromatic nitrogens is 2. The average molecular weight is 432 g/mol. The maximum absolute atomic E-state index is 13.4. The van der Waals surface area contributed by atoms with Crippen molar-refractivity contribution in [3.63, 3.8) is 0 Å². The Morgan fingerprint density at radius 1 is 1.16 bits per heavy atom. The van der Waals surface area contributed by atoms with Crippen molar-refractivity contribution in [1.29, 1.82) is 0 Å². The summed E-state index contributed by atoms with van der Waals surface area (Å²) in [6.07, 6.45) is 5.62. The van der Waals surface area contributed by atoms with Crippen LogP contribution in [0.15, 0.2) is 18.6 Å². The Balaban J connectivity index is 1.81. The van der Waals surface area contributed by atoms with E-state index in [4.69, 9.17) is 4.74 Å². The number of esters is 1. The van der Waals surface area contributed by atoms with Gasteiger partial charge < -0.3 is 25.2 Å². The van der Waals surface area contributed by atoms with Gasteiger partial charge in [0.05, 0.1) is 19.3 Å². The smallest absolute Gasteiger partial charge is 0.328 e. The number of amides is 4. The second-order valence-electron chi connectivity index (χ2n) is 7.98. The highest BCUT2D eigenvalue weighted by Gasteiger charge is 2.46. The average Bonchev–Trinajstić information content (AvgIpc) is 3.39. The molecule has 0 bridgehead atoms. The number of methoxy groups -OCH3 is 1. The van der Waals surface area contributed by atoms with E-state index in [1.54, 1.807) is 0 Å². The number of urea groups is 1. The fourth-order valence-electron chi connectivity index (χ4n) is 4.05. The van der Waals surface area contributed by atoms with E-state index in [2.05, 4.69) is 20.6 Å². The van der Waals surface area contributed by atoms with Crippen molar-refractivity contribution < 1.29 is 23.9 Å². The zero-order valence-corrected chi connectivity index (χ0v) is 17.9. The molecule has 4 amide bonds. The number of nitrogens with one attached hydrogen (secondary N) is 2. The topological polar surface area (TPSA) is 134 Å². The number of ether oxygens (including phenoxy) is 1. The monoisotopic (exact) mass is 432 g/mol. The van der Waals surface area contributed by atoms with Crippen molar-refractivity contribution in [3.05, 3.63) is 24.3 Å². The third-order valence-electron chi connectivity index (χ3n) is 5.39. The molecule has 3 atom stereocenters. The van der Waals surface area contributed by atoms with Gasteiger partial charge in [-0.3, -0.25) is 14.6 Å². The van der Waals surface area contributed by atoms with E-state index in [0.717, 1.165) is 0 Å². The van der Waals surface area contributed by atoms with Gasteiger partial charge >= 0.3 is 12.0 Å². The summed E-state index contributed by atoms with van der Waals surface area (Å²) in [5, 5.41) is 5.57. The van der Waals surface area contributed by atoms with Gasteiger partial charge in [0.15, 0.2) is 0 Å². The molecule has 3 heterocycles. The lowest BCUT2D eigenvalue weighted by Crippen LogP contribution is -2.51. The first-order chi connectivity index (χ1) is 14.8. The first-order valence-corrected chi connectivity index (χ1v) is 10.3. The Morgan fingerprint density at radius 2 is 1.94 bits per heavy atom. The highest BCUT2D eigenvalue weighted by molar-refractivity contribution is 5.97. The van der Waals surface area contributed by atoms with Crippen LogP contribution in [0.3, 0.4) is 0 Å². The molecule has 11 nitrogen and oxygen atoms in total. The number of hydrogen-bond acceptors (Lipinski definition) is 7. The molecule has 2 aliphatic rings. The molecule has 0 radical (unpaired) electrons. The van der Waals surface area contributed by atoms with Gasteiger partial charge in [-0.2, -0.15) is 0 Å². The number of carbonyl (C=O) groups is 4. The predicted octanol–water partition coefficient (Wildman–Crippen LogP) is -0.0687. The molecule has 31 heavy (non-hydrogen) atoms. The minimum atomic E-state index is -0.830. The van der Waals surface area contributed by atoms with Crippen LogP contribution in [0.2, 0.25) is 0 Å². The van der Waals surface area contributed by atoms with Crippen molar-refractivity contribution >= 4 is 23.8 Å². The quantitative estimate of drug-likeness (QED) is 0.622. The third kappa shape index (κ3) is 5.09. The van der Waals surface area contributed by atoms with Gasteiger partial charge in [0, 0.05) is 31.5 Å². The van der Waals surface area contributed by atoms with Crippen LogP contribution in [-0.4, -0.2) is 87.9 Å². The van der Waals surface area contributed by atoms with E-state index >= 15 is 0 Å². The summed E-state index contributed by atoms with van der Waals surface area (Å²) in [5.74, 6) is -1.26. The first-order valence-electron chi connectivity index (χ1n) is 10.3. The minimum absolute atomic E-state index is 0.0541. The van der Waals surface area contributed by atoms with Gasteiger partial charge in [0.25, 0.3) is 5.91 Å². The second kappa shape index (κ2) is 9.71. The fraction of sp³-hybridized carbons (Fsp3) is 0.600. The van der Waals surface area contributed by atoms with Crippen LogP contribution in [-0.2, 0) is 14.3 Å². The third-order valence-corrected chi connectivity index (χ3v) is 5.39. The van der Waals surface area contributed by atoms with Crippen molar-refractivity contribution in [2.24, 2.45) is 0 Å². The maximum Gasteiger partial charge on any atom is 0.328 e. The van der Waals surface area contributed by atoms with Crippen LogP contribution in [0, 0.1) is 0 Å². The standard InChI is InChI=1S/C20H28N6O5/c1-12(2)23-20(30)24-13-9-16(18(28)25-8-4-5-15(25)19(29)31-3)26(11-13)17(27)14-10-21-6-7-22-14/h6-7,10,12-13,15-16H,4-5,8-9,11H2,1-3H3,(H2,23,24,30)/t13-,15-,16+/m1/s1. The van der Waals surface area contributed by atoms with Crippen molar-refractivity contribution in [2.75, 3.05) is 20.2 Å². The summed E-state index contributed by atoms with van der Waals surface area (Å²) in [6.45, 7) is 4.23. The molecule has 0 aromatic carbocycles. The van der Waals surface area contributed by atoms with Gasteiger partial charge in [0.1, 0.15) is 17.8 Å². The van der Waals surface area contributed by atoms with Gasteiger partial charge in [-0.25, -0.2) is 14.6 Å². The number of likely N-dealkylation sites (tertiary alicyclic amines) is 2. The molecule has 0 saturated carbocycles. The predicted molar refractivity (Wildman–Crippen MR) is 109 cm³/mol. The van der Waals surface area contributed by atoms with Crippen LogP contribution >= 0.6 is 0 Å². The van der Waals surface area contributed by atoms with Crippen molar-refractivity contribution in [2.45, 2.75) is 57.3 Å². The largest absolute Gasteiger partial charge is 0.467 e. The van der Waals surface area contributed by atoms with Gasteiger partial charge in [-0.05, 0) is 33.1 Å². The molecule has 0 aliphatic carbocycles. The molecular weight excluding hydrogens is 404 g/mol. The summed E-state index contributed by atoms with van der Waals surface area (Å²) >= 11 is 0. The Bertz CT molecular complexity index is 833. The summed E-state index contributed by atoms with van der Waals surface area (Å²) < 4.78 is 4.83. The van der Waals surface area contributed by atoms with Crippen molar-refractivity contribution in [1.82, 2.24) is 30.4 Å². The van der Waals surface area contributed by atoms with E-state index in [-0.39, 0.29) is 36.6 Å². The second-order valence-corrected chi connectivity index (χ2v) is 7.98. The molecule has 2 N–H and O–H groups in total. The molecule has 1 aromatic heterocycles. The molecule has 0 spiro atoms. The van der Waals surface area contributed by atoms with Crippen LogP contribution in [0.4, 0.5) is 4.79 Å². The molecule has 2 saturated heterocycles. The highest BCUT2D eigenvalue weighted by Crippen LogP contribution is 2.26. The Hall–Kier alpha value is -3.24. The molecular formula is C20H28N6O5. The molecule has 1 aromatic rings. The Labute approximate surface area is 180 Å². The van der Waals surface area contributed by atoms with E-state index in [1.165, 1.54) is 35.5 Å². The summed E-state index contributed by atoms with van der Waals surface area (Å²) in [5.41, 5.74) is 0.110. The van der Waals surface area contributed by atoms with E-state index in [9.17, 15) is 19.2 Å². The van der Waals surface area contributed by atoms with Crippen LogP contribution in [0.25, 0.3) is 0 Å². The van der Waals surface area contributed by atoms with Gasteiger partial charge in [-0.15, -0.1) is 0 Å². The molecule has 2 fully saturated rings. The molecule has 11 heteroatoms. The van der Waals surface area contributed by atoms with Gasteiger partial charge in [0.2, 0.25) is 5.91 Å². The molecule has 3 rings (SSSR count). The first kappa shape index (κ1) is 22.4. The lowest BCUT2D eigenvalue weighted by molar-refractivity contribution is -0.152. The number of hydrogen-bond donors (Lipinski definition) is 2. The van der Waals surface area contributed by atoms with Crippen LogP contribution in [0.1, 0.15) is 43.6 Å². The number of carbonyl (C=O) groups excluding carboxylic acids is 4. The SMILES string of the molecule is COC(=O)[C@H]1CCCN1C(=O)[C@@H]1C[C@@H](NC(=O)NC(C)C)CN1C(=O)c1cnccn1. The van der Waals surface area contributed by atoms with Gasteiger partial charge in [-0.1, -0.05) is 0 Å². The maximum atomic E-state index is 13.4.